The highest BCUT2D eigenvalue weighted by molar-refractivity contribution is 7.90. The Morgan fingerprint density at radius 2 is 1.62 bits per heavy atom. The summed E-state index contributed by atoms with van der Waals surface area (Å²) in [6.07, 6.45) is 2.00. The largest absolute Gasteiger partial charge is 0.487 e. The molecule has 1 aliphatic carbocycles. The Labute approximate surface area is 294 Å². The number of carbonyl (C=O) groups is 2. The standard InChI is InChI=1S/C38H46N4O7S/c1-23-24(2)34(25(3)30-21-38(4,5)49-33(23)30)50(46,47)41-36(42-19-10-11-20-42)39-18-12-17-32(35(43)44)40-37(45)48-22-31-28-15-8-6-13-26(28)27-14-7-9-16-29(27)31/h6-9,13-16,31-32H,10-12,17-22H2,1-5H3,(H,39,41)(H,40,45)(H,43,44)/t32-/m0/s1. The number of fused-ring (bicyclic) bond motifs is 4. The second kappa shape index (κ2) is 14.0. The van der Waals surface area contributed by atoms with Gasteiger partial charge in [0.25, 0.3) is 10.0 Å². The molecule has 3 aromatic carbocycles. The summed E-state index contributed by atoms with van der Waals surface area (Å²) in [4.78, 5) is 31.7. The van der Waals surface area contributed by atoms with E-state index in [4.69, 9.17) is 9.47 Å². The fourth-order valence-corrected chi connectivity index (χ4v) is 9.08. The van der Waals surface area contributed by atoms with Crippen molar-refractivity contribution in [3.8, 4) is 16.9 Å². The molecule has 0 spiro atoms. The number of likely N-dealkylation sites (tertiary alicyclic amines) is 1. The van der Waals surface area contributed by atoms with E-state index in [1.807, 2.05) is 81.1 Å². The Balaban J connectivity index is 1.10. The molecule has 266 valence electrons. The lowest BCUT2D eigenvalue weighted by molar-refractivity contribution is -0.139. The van der Waals surface area contributed by atoms with Gasteiger partial charge in [0.1, 0.15) is 24.0 Å². The number of hydrogen-bond acceptors (Lipinski definition) is 7. The molecule has 0 radical (unpaired) electrons. The Bertz CT molecular complexity index is 1900. The molecule has 11 nitrogen and oxygen atoms in total. The number of carboxylic acid groups (broad SMARTS) is 1. The highest BCUT2D eigenvalue weighted by Crippen LogP contribution is 2.45. The van der Waals surface area contributed by atoms with Gasteiger partial charge >= 0.3 is 12.1 Å². The van der Waals surface area contributed by atoms with E-state index < -0.39 is 33.7 Å². The van der Waals surface area contributed by atoms with Crippen LogP contribution in [-0.2, 0) is 26.0 Å². The molecule has 3 aliphatic rings. The minimum Gasteiger partial charge on any atom is -0.487 e. The molecule has 1 atom stereocenters. The quantitative estimate of drug-likeness (QED) is 0.136. The molecule has 50 heavy (non-hydrogen) atoms. The summed E-state index contributed by atoms with van der Waals surface area (Å²) in [5.74, 6) is -0.329. The average molecular weight is 703 g/mol. The van der Waals surface area contributed by atoms with Gasteiger partial charge in [0, 0.05) is 37.5 Å². The third-order valence-corrected chi connectivity index (χ3v) is 11.6. The van der Waals surface area contributed by atoms with Crippen LogP contribution in [0.5, 0.6) is 5.75 Å². The van der Waals surface area contributed by atoms with E-state index in [0.717, 1.165) is 52.0 Å². The molecule has 3 N–H and O–H groups in total. The summed E-state index contributed by atoms with van der Waals surface area (Å²) in [6.45, 7) is 11.1. The maximum absolute atomic E-state index is 14.0. The number of benzene rings is 3. The second-order valence-corrected chi connectivity index (χ2v) is 15.7. The van der Waals surface area contributed by atoms with E-state index in [0.29, 0.717) is 37.1 Å². The van der Waals surface area contributed by atoms with E-state index >= 15 is 0 Å². The fourth-order valence-electron chi connectivity index (χ4n) is 7.46. The summed E-state index contributed by atoms with van der Waals surface area (Å²) < 4.78 is 42.5. The summed E-state index contributed by atoms with van der Waals surface area (Å²) in [7, 11) is -4.02. The molecule has 0 unspecified atom stereocenters. The number of nitrogens with one attached hydrogen (secondary N) is 2. The normalized spacial score (nSPS) is 17.1. The van der Waals surface area contributed by atoms with Gasteiger partial charge < -0.3 is 24.8 Å². The van der Waals surface area contributed by atoms with Gasteiger partial charge in [-0.3, -0.25) is 4.99 Å². The minimum atomic E-state index is -4.02. The second-order valence-electron chi connectivity index (χ2n) is 14.1. The maximum Gasteiger partial charge on any atom is 0.407 e. The zero-order valence-electron chi connectivity index (χ0n) is 29.3. The zero-order valence-corrected chi connectivity index (χ0v) is 30.2. The molecule has 2 aliphatic heterocycles. The van der Waals surface area contributed by atoms with Crippen molar-refractivity contribution in [3.63, 3.8) is 0 Å². The van der Waals surface area contributed by atoms with E-state index in [9.17, 15) is 23.1 Å². The first-order valence-corrected chi connectivity index (χ1v) is 18.7. The molecular formula is C38H46N4O7S. The molecule has 0 saturated carbocycles. The van der Waals surface area contributed by atoms with Crippen LogP contribution in [0.3, 0.4) is 0 Å². The van der Waals surface area contributed by atoms with Gasteiger partial charge in [-0.2, -0.15) is 0 Å². The van der Waals surface area contributed by atoms with Gasteiger partial charge in [-0.05, 0) is 99.2 Å². The highest BCUT2D eigenvalue weighted by Gasteiger charge is 2.37. The molecule has 1 saturated heterocycles. The van der Waals surface area contributed by atoms with Crippen molar-refractivity contribution in [1.29, 1.82) is 0 Å². The van der Waals surface area contributed by atoms with Gasteiger partial charge in [-0.1, -0.05) is 48.5 Å². The smallest absolute Gasteiger partial charge is 0.407 e. The predicted octanol–water partition coefficient (Wildman–Crippen LogP) is 5.83. The Kier molecular flexibility index (Phi) is 9.85. The van der Waals surface area contributed by atoms with Crippen LogP contribution in [0.1, 0.15) is 78.8 Å². The van der Waals surface area contributed by atoms with E-state index in [1.54, 1.807) is 6.92 Å². The van der Waals surface area contributed by atoms with Crippen molar-refractivity contribution in [2.24, 2.45) is 4.99 Å². The average Bonchev–Trinajstić information content (AvgIpc) is 3.80. The minimum absolute atomic E-state index is 0.0727. The fraction of sp³-hybridized carbons (Fsp3) is 0.447. The molecule has 1 fully saturated rings. The first-order chi connectivity index (χ1) is 23.8. The van der Waals surface area contributed by atoms with E-state index in [1.165, 1.54) is 0 Å². The van der Waals surface area contributed by atoms with Gasteiger partial charge in [-0.15, -0.1) is 0 Å². The first kappa shape index (κ1) is 35.3. The van der Waals surface area contributed by atoms with Crippen molar-refractivity contribution in [1.82, 2.24) is 14.9 Å². The Morgan fingerprint density at radius 3 is 2.24 bits per heavy atom. The Hall–Kier alpha value is -4.58. The molecule has 6 rings (SSSR count). The lowest BCUT2D eigenvalue weighted by Crippen LogP contribution is -2.43. The van der Waals surface area contributed by atoms with Crippen LogP contribution < -0.4 is 14.8 Å². The summed E-state index contributed by atoms with van der Waals surface area (Å²) in [5, 5.41) is 12.4. The van der Waals surface area contributed by atoms with Gasteiger partial charge in [0.05, 0.1) is 4.90 Å². The van der Waals surface area contributed by atoms with Crippen LogP contribution in [0.25, 0.3) is 11.1 Å². The molecule has 2 heterocycles. The topological polar surface area (TPSA) is 147 Å². The molecule has 3 aromatic rings. The molecular weight excluding hydrogens is 657 g/mol. The number of carbonyl (C=O) groups excluding carboxylic acids is 1. The number of carboxylic acids is 1. The number of amides is 1. The van der Waals surface area contributed by atoms with Gasteiger partial charge in [0.15, 0.2) is 0 Å². The van der Waals surface area contributed by atoms with E-state index in [-0.39, 0.29) is 36.3 Å². The number of rotatable bonds is 10. The van der Waals surface area contributed by atoms with Crippen LogP contribution in [0.15, 0.2) is 58.4 Å². The highest BCUT2D eigenvalue weighted by atomic mass is 32.2. The first-order valence-electron chi connectivity index (χ1n) is 17.3. The van der Waals surface area contributed by atoms with Crippen LogP contribution in [-0.4, -0.2) is 74.3 Å². The summed E-state index contributed by atoms with van der Waals surface area (Å²) >= 11 is 0. The monoisotopic (exact) mass is 702 g/mol. The third kappa shape index (κ3) is 7.03. The van der Waals surface area contributed by atoms with Gasteiger partial charge in [0.2, 0.25) is 5.96 Å². The maximum atomic E-state index is 14.0. The van der Waals surface area contributed by atoms with Crippen LogP contribution in [0.4, 0.5) is 4.79 Å². The number of hydrogen-bond donors (Lipinski definition) is 3. The number of nitrogens with zero attached hydrogens (tertiary/aromatic N) is 2. The van der Waals surface area contributed by atoms with Crippen molar-refractivity contribution in [2.75, 3.05) is 26.2 Å². The Morgan fingerprint density at radius 1 is 1.00 bits per heavy atom. The lowest BCUT2D eigenvalue weighted by Gasteiger charge is -2.23. The van der Waals surface area contributed by atoms with Crippen molar-refractivity contribution >= 4 is 28.0 Å². The lowest BCUT2D eigenvalue weighted by atomic mass is 9.94. The number of sulfonamides is 1. The SMILES string of the molecule is Cc1c(C)c(S(=O)(=O)NC(=NCCC[C@H](NC(=O)OCC2c3ccccc3-c3ccccc32)C(=O)O)N2CCCC2)c(C)c2c1OC(C)(C)C2. The summed E-state index contributed by atoms with van der Waals surface area (Å²) in [5.41, 5.74) is 6.92. The molecule has 0 aromatic heterocycles. The third-order valence-electron chi connectivity index (χ3n) is 10.0. The van der Waals surface area contributed by atoms with Crippen molar-refractivity contribution in [3.05, 3.63) is 81.9 Å². The van der Waals surface area contributed by atoms with Crippen molar-refractivity contribution < 1.29 is 32.6 Å². The van der Waals surface area contributed by atoms with Crippen LogP contribution in [0, 0.1) is 20.8 Å². The number of aliphatic carboxylic acids is 1. The number of ether oxygens (including phenoxy) is 2. The van der Waals surface area contributed by atoms with Gasteiger partial charge in [-0.25, -0.2) is 22.7 Å². The molecule has 12 heteroatoms. The van der Waals surface area contributed by atoms with Crippen LogP contribution in [0.2, 0.25) is 0 Å². The number of alkyl carbamates (subject to hydrolysis) is 1. The predicted molar refractivity (Wildman–Crippen MR) is 191 cm³/mol. The van der Waals surface area contributed by atoms with Crippen molar-refractivity contribution in [2.45, 2.75) is 89.2 Å². The molecule has 1 amide bonds. The molecule has 0 bridgehead atoms. The van der Waals surface area contributed by atoms with E-state index in [2.05, 4.69) is 15.0 Å². The van der Waals surface area contributed by atoms with Crippen LogP contribution >= 0.6 is 0 Å². The number of aliphatic imine (C=N–C) groups is 1. The zero-order chi connectivity index (χ0) is 35.8. The number of guanidine groups is 1. The summed E-state index contributed by atoms with van der Waals surface area (Å²) in [6, 6.07) is 14.8.